The van der Waals surface area contributed by atoms with E-state index < -0.39 is 0 Å². The minimum absolute atomic E-state index is 0.0144. The third kappa shape index (κ3) is 4.37. The molecule has 0 aromatic rings. The summed E-state index contributed by atoms with van der Waals surface area (Å²) in [6.07, 6.45) is 0.923. The van der Waals surface area contributed by atoms with E-state index in [-0.39, 0.29) is 12.1 Å². The number of amides is 2. The summed E-state index contributed by atoms with van der Waals surface area (Å²) >= 11 is 0. The van der Waals surface area contributed by atoms with Crippen LogP contribution < -0.4 is 11.1 Å². The molecule has 2 amide bonds. The molecule has 1 atom stereocenters. The molecule has 5 nitrogen and oxygen atoms in total. The van der Waals surface area contributed by atoms with Crippen molar-refractivity contribution in [2.45, 2.75) is 26.3 Å². The highest BCUT2D eigenvalue weighted by Gasteiger charge is 2.19. The van der Waals surface area contributed by atoms with Gasteiger partial charge >= 0.3 is 6.03 Å². The summed E-state index contributed by atoms with van der Waals surface area (Å²) < 4.78 is 5.20. The number of carbonyl (C=O) groups is 1. The highest BCUT2D eigenvalue weighted by Crippen LogP contribution is 2.05. The average Bonchev–Trinajstić information content (AvgIpc) is 2.28. The second-order valence-electron chi connectivity index (χ2n) is 4.61. The molecular formula is C11H23N3O2. The Labute approximate surface area is 97.3 Å². The largest absolute Gasteiger partial charge is 0.378 e. The Balaban J connectivity index is 2.35. The number of carbonyl (C=O) groups excluding carboxylic acids is 1. The fourth-order valence-electron chi connectivity index (χ4n) is 1.82. The van der Waals surface area contributed by atoms with E-state index in [2.05, 4.69) is 19.2 Å². The lowest BCUT2D eigenvalue weighted by Gasteiger charge is -2.29. The van der Waals surface area contributed by atoms with E-state index in [1.54, 1.807) is 4.90 Å². The van der Waals surface area contributed by atoms with Gasteiger partial charge in [0.2, 0.25) is 0 Å². The normalized spacial score (nSPS) is 18.6. The third-order valence-corrected chi connectivity index (χ3v) is 2.67. The van der Waals surface area contributed by atoms with Gasteiger partial charge in [-0.25, -0.2) is 4.79 Å². The van der Waals surface area contributed by atoms with Crippen molar-refractivity contribution in [1.82, 2.24) is 10.2 Å². The molecule has 0 aromatic carbocycles. The molecule has 1 rings (SSSR count). The van der Waals surface area contributed by atoms with Crippen LogP contribution in [0.25, 0.3) is 0 Å². The molecule has 0 aromatic heterocycles. The Bertz CT molecular complexity index is 215. The van der Waals surface area contributed by atoms with Crippen molar-refractivity contribution in [2.24, 2.45) is 11.7 Å². The zero-order valence-electron chi connectivity index (χ0n) is 10.2. The summed E-state index contributed by atoms with van der Waals surface area (Å²) in [5, 5.41) is 2.97. The zero-order valence-corrected chi connectivity index (χ0v) is 10.2. The van der Waals surface area contributed by atoms with Crippen LogP contribution in [0.1, 0.15) is 20.3 Å². The van der Waals surface area contributed by atoms with Crippen LogP contribution in [0.15, 0.2) is 0 Å². The minimum atomic E-state index is -0.0144. The van der Waals surface area contributed by atoms with Gasteiger partial charge in [-0.05, 0) is 12.3 Å². The van der Waals surface area contributed by atoms with Crippen LogP contribution in [0.4, 0.5) is 4.79 Å². The van der Waals surface area contributed by atoms with Gasteiger partial charge in [0.25, 0.3) is 0 Å². The summed E-state index contributed by atoms with van der Waals surface area (Å²) in [4.78, 5) is 13.6. The van der Waals surface area contributed by atoms with Crippen LogP contribution in [-0.2, 0) is 4.74 Å². The standard InChI is InChI=1S/C11H23N3O2/c1-9(2)7-10(8-12)13-11(15)14-3-5-16-6-4-14/h9-10H,3-8,12H2,1-2H3,(H,13,15). The predicted octanol–water partition coefficient (Wildman–Crippen LogP) is 0.402. The topological polar surface area (TPSA) is 67.6 Å². The highest BCUT2D eigenvalue weighted by atomic mass is 16.5. The molecule has 0 aliphatic carbocycles. The number of hydrogen-bond acceptors (Lipinski definition) is 3. The maximum atomic E-state index is 11.9. The van der Waals surface area contributed by atoms with Gasteiger partial charge < -0.3 is 20.7 Å². The Kier molecular flexibility index (Phi) is 5.55. The van der Waals surface area contributed by atoms with Crippen LogP contribution in [0.2, 0.25) is 0 Å². The first kappa shape index (κ1) is 13.3. The Morgan fingerprint density at radius 3 is 2.56 bits per heavy atom. The van der Waals surface area contributed by atoms with E-state index in [0.29, 0.717) is 38.8 Å². The van der Waals surface area contributed by atoms with Gasteiger partial charge in [0.05, 0.1) is 13.2 Å². The van der Waals surface area contributed by atoms with E-state index in [4.69, 9.17) is 10.5 Å². The first-order chi connectivity index (χ1) is 7.63. The lowest BCUT2D eigenvalue weighted by molar-refractivity contribution is 0.0524. The zero-order chi connectivity index (χ0) is 12.0. The number of morpholine rings is 1. The molecular weight excluding hydrogens is 206 g/mol. The summed E-state index contributed by atoms with van der Waals surface area (Å²) in [6, 6.07) is 0.0646. The molecule has 94 valence electrons. The van der Waals surface area contributed by atoms with E-state index in [0.717, 1.165) is 6.42 Å². The van der Waals surface area contributed by atoms with Crippen molar-refractivity contribution in [3.63, 3.8) is 0 Å². The Hall–Kier alpha value is -0.810. The maximum Gasteiger partial charge on any atom is 0.317 e. The van der Waals surface area contributed by atoms with Crippen molar-refractivity contribution in [3.8, 4) is 0 Å². The van der Waals surface area contributed by atoms with Gasteiger partial charge in [-0.2, -0.15) is 0 Å². The van der Waals surface area contributed by atoms with Crippen LogP contribution in [0, 0.1) is 5.92 Å². The molecule has 5 heteroatoms. The van der Waals surface area contributed by atoms with Crippen molar-refractivity contribution in [2.75, 3.05) is 32.8 Å². The molecule has 0 radical (unpaired) electrons. The Morgan fingerprint density at radius 2 is 2.06 bits per heavy atom. The highest BCUT2D eigenvalue weighted by molar-refractivity contribution is 5.74. The van der Waals surface area contributed by atoms with Crippen molar-refractivity contribution >= 4 is 6.03 Å². The summed E-state index contributed by atoms with van der Waals surface area (Å²) in [7, 11) is 0. The first-order valence-electron chi connectivity index (χ1n) is 5.96. The van der Waals surface area contributed by atoms with Crippen LogP contribution in [-0.4, -0.2) is 49.8 Å². The van der Waals surface area contributed by atoms with Gasteiger partial charge in [-0.1, -0.05) is 13.8 Å². The number of ether oxygens (including phenoxy) is 1. The molecule has 1 fully saturated rings. The number of nitrogens with two attached hydrogens (primary N) is 1. The fraction of sp³-hybridized carbons (Fsp3) is 0.909. The molecule has 0 spiro atoms. The van der Waals surface area contributed by atoms with Crippen molar-refractivity contribution < 1.29 is 9.53 Å². The lowest BCUT2D eigenvalue weighted by Crippen LogP contribution is -2.51. The van der Waals surface area contributed by atoms with Crippen LogP contribution in [0.3, 0.4) is 0 Å². The van der Waals surface area contributed by atoms with Gasteiger partial charge in [-0.3, -0.25) is 0 Å². The van der Waals surface area contributed by atoms with E-state index in [1.807, 2.05) is 0 Å². The summed E-state index contributed by atoms with van der Waals surface area (Å²) in [5.74, 6) is 0.540. The van der Waals surface area contributed by atoms with E-state index in [1.165, 1.54) is 0 Å². The van der Waals surface area contributed by atoms with Crippen LogP contribution >= 0.6 is 0 Å². The number of urea groups is 1. The van der Waals surface area contributed by atoms with Gasteiger partial charge in [0, 0.05) is 25.7 Å². The van der Waals surface area contributed by atoms with Crippen molar-refractivity contribution in [3.05, 3.63) is 0 Å². The summed E-state index contributed by atoms with van der Waals surface area (Å²) in [5.41, 5.74) is 5.64. The van der Waals surface area contributed by atoms with E-state index in [9.17, 15) is 4.79 Å². The molecule has 0 bridgehead atoms. The number of nitrogens with one attached hydrogen (secondary N) is 1. The molecule has 0 saturated carbocycles. The Morgan fingerprint density at radius 1 is 1.44 bits per heavy atom. The number of hydrogen-bond donors (Lipinski definition) is 2. The van der Waals surface area contributed by atoms with Crippen LogP contribution in [0.5, 0.6) is 0 Å². The second-order valence-corrected chi connectivity index (χ2v) is 4.61. The monoisotopic (exact) mass is 229 g/mol. The summed E-state index contributed by atoms with van der Waals surface area (Å²) in [6.45, 7) is 7.35. The number of nitrogens with zero attached hydrogens (tertiary/aromatic N) is 1. The lowest BCUT2D eigenvalue weighted by atomic mass is 10.0. The number of rotatable bonds is 4. The average molecular weight is 229 g/mol. The fourth-order valence-corrected chi connectivity index (χ4v) is 1.82. The first-order valence-corrected chi connectivity index (χ1v) is 5.96. The molecule has 3 N–H and O–H groups in total. The third-order valence-electron chi connectivity index (χ3n) is 2.67. The molecule has 1 saturated heterocycles. The minimum Gasteiger partial charge on any atom is -0.378 e. The molecule has 1 unspecified atom stereocenters. The van der Waals surface area contributed by atoms with E-state index >= 15 is 0 Å². The quantitative estimate of drug-likeness (QED) is 0.733. The molecule has 1 aliphatic heterocycles. The van der Waals surface area contributed by atoms with Gasteiger partial charge in [0.15, 0.2) is 0 Å². The second kappa shape index (κ2) is 6.70. The molecule has 1 heterocycles. The smallest absolute Gasteiger partial charge is 0.317 e. The predicted molar refractivity (Wildman–Crippen MR) is 63.2 cm³/mol. The van der Waals surface area contributed by atoms with Crippen molar-refractivity contribution in [1.29, 1.82) is 0 Å². The SMILES string of the molecule is CC(C)CC(CN)NC(=O)N1CCOCC1. The van der Waals surface area contributed by atoms with Gasteiger partial charge in [0.1, 0.15) is 0 Å². The maximum absolute atomic E-state index is 11.9. The molecule has 1 aliphatic rings. The molecule has 16 heavy (non-hydrogen) atoms. The van der Waals surface area contributed by atoms with Gasteiger partial charge in [-0.15, -0.1) is 0 Å².